The smallest absolute Gasteiger partial charge is 0.255 e. The fourth-order valence-corrected chi connectivity index (χ4v) is 3.54. The van der Waals surface area contributed by atoms with Crippen molar-refractivity contribution in [2.45, 2.75) is 58.6 Å². The number of hydrogen-bond donors (Lipinski definition) is 1. The monoisotopic (exact) mass is 367 g/mol. The molecule has 1 N–H and O–H groups in total. The largest absolute Gasteiger partial charge is 0.491 e. The number of carbonyl (C=O) groups excluding carboxylic acids is 1. The number of hydrogen-bond acceptors (Lipinski definition) is 4. The first-order valence-corrected chi connectivity index (χ1v) is 9.87. The van der Waals surface area contributed by atoms with Crippen molar-refractivity contribution in [1.82, 2.24) is 4.98 Å². The van der Waals surface area contributed by atoms with Gasteiger partial charge < -0.3 is 15.0 Å². The van der Waals surface area contributed by atoms with Gasteiger partial charge in [0.05, 0.1) is 6.10 Å². The van der Waals surface area contributed by atoms with E-state index in [0.717, 1.165) is 30.2 Å². The molecule has 1 unspecified atom stereocenters. The molecule has 1 saturated heterocycles. The summed E-state index contributed by atoms with van der Waals surface area (Å²) >= 11 is 0. The van der Waals surface area contributed by atoms with E-state index in [-0.39, 0.29) is 12.0 Å². The molecule has 1 aliphatic heterocycles. The molecule has 2 aromatic rings. The van der Waals surface area contributed by atoms with E-state index in [0.29, 0.717) is 11.6 Å². The summed E-state index contributed by atoms with van der Waals surface area (Å²) in [5.74, 6) is 1.57. The number of anilines is 2. The Morgan fingerprint density at radius 2 is 2.04 bits per heavy atom. The van der Waals surface area contributed by atoms with E-state index in [4.69, 9.17) is 4.74 Å². The first kappa shape index (κ1) is 19.2. The van der Waals surface area contributed by atoms with Gasteiger partial charge in [-0.1, -0.05) is 6.92 Å². The van der Waals surface area contributed by atoms with Crippen LogP contribution in [0.1, 0.15) is 56.8 Å². The molecular weight excluding hydrogens is 338 g/mol. The lowest BCUT2D eigenvalue weighted by atomic mass is 10.00. The number of carbonyl (C=O) groups is 1. The van der Waals surface area contributed by atoms with Crippen LogP contribution in [0.25, 0.3) is 0 Å². The van der Waals surface area contributed by atoms with E-state index < -0.39 is 0 Å². The second-order valence-corrected chi connectivity index (χ2v) is 7.30. The van der Waals surface area contributed by atoms with E-state index >= 15 is 0 Å². The first-order chi connectivity index (χ1) is 13.1. The van der Waals surface area contributed by atoms with E-state index in [1.807, 2.05) is 44.2 Å². The minimum Gasteiger partial charge on any atom is -0.491 e. The molecule has 5 nitrogen and oxygen atoms in total. The van der Waals surface area contributed by atoms with Gasteiger partial charge in [-0.25, -0.2) is 4.98 Å². The molecule has 1 amide bonds. The van der Waals surface area contributed by atoms with Crippen LogP contribution in [0.5, 0.6) is 5.75 Å². The number of pyridine rings is 1. The molecule has 1 atom stereocenters. The van der Waals surface area contributed by atoms with Crippen LogP contribution in [0.3, 0.4) is 0 Å². The van der Waals surface area contributed by atoms with Crippen LogP contribution < -0.4 is 15.0 Å². The Morgan fingerprint density at radius 3 is 2.74 bits per heavy atom. The predicted molar refractivity (Wildman–Crippen MR) is 110 cm³/mol. The highest BCUT2D eigenvalue weighted by molar-refractivity contribution is 6.04. The van der Waals surface area contributed by atoms with Gasteiger partial charge in [0.25, 0.3) is 5.91 Å². The Bertz CT molecular complexity index is 758. The maximum absolute atomic E-state index is 12.7. The van der Waals surface area contributed by atoms with Crippen molar-refractivity contribution in [2.24, 2.45) is 0 Å². The number of rotatable bonds is 6. The molecule has 5 heteroatoms. The van der Waals surface area contributed by atoms with Gasteiger partial charge in [-0.05, 0) is 75.9 Å². The quantitative estimate of drug-likeness (QED) is 0.790. The maximum Gasteiger partial charge on any atom is 0.255 e. The van der Waals surface area contributed by atoms with Crippen LogP contribution in [0, 0.1) is 0 Å². The Labute approximate surface area is 161 Å². The van der Waals surface area contributed by atoms with Crippen molar-refractivity contribution in [3.05, 3.63) is 48.2 Å². The van der Waals surface area contributed by atoms with Crippen molar-refractivity contribution >= 4 is 17.4 Å². The van der Waals surface area contributed by atoms with E-state index in [1.54, 1.807) is 12.3 Å². The Hall–Kier alpha value is -2.56. The zero-order chi connectivity index (χ0) is 19.2. The number of nitrogens with zero attached hydrogens (tertiary/aromatic N) is 2. The summed E-state index contributed by atoms with van der Waals surface area (Å²) in [6.07, 6.45) is 6.60. The van der Waals surface area contributed by atoms with Gasteiger partial charge in [0.1, 0.15) is 11.6 Å². The Balaban J connectivity index is 1.70. The Kier molecular flexibility index (Phi) is 6.32. The molecule has 0 radical (unpaired) electrons. The predicted octanol–water partition coefficient (Wildman–Crippen LogP) is 4.89. The number of piperidine rings is 1. The van der Waals surface area contributed by atoms with Crippen molar-refractivity contribution in [2.75, 3.05) is 16.8 Å². The topological polar surface area (TPSA) is 54.5 Å². The molecule has 1 aliphatic rings. The third kappa shape index (κ3) is 5.00. The highest BCUT2D eigenvalue weighted by Crippen LogP contribution is 2.26. The standard InChI is InChI=1S/C22H29N3O2/c1-4-19-7-5-6-14-25(19)21-15-17(12-13-23-21)22(26)24-18-8-10-20(11-9-18)27-16(2)3/h8-13,15-16,19H,4-7,14H2,1-3H3,(H,24,26). The molecule has 3 rings (SSSR count). The molecule has 1 fully saturated rings. The van der Waals surface area contributed by atoms with Crippen molar-refractivity contribution in [3.63, 3.8) is 0 Å². The molecule has 144 valence electrons. The minimum atomic E-state index is -0.124. The summed E-state index contributed by atoms with van der Waals surface area (Å²) in [4.78, 5) is 19.5. The molecule has 0 spiro atoms. The summed E-state index contributed by atoms with van der Waals surface area (Å²) in [6, 6.07) is 11.6. The molecule has 2 heterocycles. The number of ether oxygens (including phenoxy) is 1. The van der Waals surface area contributed by atoms with Gasteiger partial charge in [0, 0.05) is 30.0 Å². The summed E-state index contributed by atoms with van der Waals surface area (Å²) in [5.41, 5.74) is 1.38. The fraction of sp³-hybridized carbons (Fsp3) is 0.455. The number of nitrogens with one attached hydrogen (secondary N) is 1. The van der Waals surface area contributed by atoms with Gasteiger partial charge in [-0.3, -0.25) is 4.79 Å². The lowest BCUT2D eigenvalue weighted by Crippen LogP contribution is -2.39. The molecule has 0 aliphatic carbocycles. The highest BCUT2D eigenvalue weighted by atomic mass is 16.5. The van der Waals surface area contributed by atoms with E-state index in [2.05, 4.69) is 22.1 Å². The van der Waals surface area contributed by atoms with Crippen LogP contribution in [-0.4, -0.2) is 29.6 Å². The van der Waals surface area contributed by atoms with Crippen molar-refractivity contribution in [3.8, 4) is 5.75 Å². The van der Waals surface area contributed by atoms with Crippen LogP contribution in [0.2, 0.25) is 0 Å². The zero-order valence-corrected chi connectivity index (χ0v) is 16.4. The van der Waals surface area contributed by atoms with E-state index in [9.17, 15) is 4.79 Å². The lowest BCUT2D eigenvalue weighted by molar-refractivity contribution is 0.102. The fourth-order valence-electron chi connectivity index (χ4n) is 3.54. The molecule has 1 aromatic heterocycles. The van der Waals surface area contributed by atoms with Gasteiger partial charge in [-0.2, -0.15) is 0 Å². The Morgan fingerprint density at radius 1 is 1.26 bits per heavy atom. The maximum atomic E-state index is 12.7. The second kappa shape index (κ2) is 8.89. The SMILES string of the molecule is CCC1CCCCN1c1cc(C(=O)Nc2ccc(OC(C)C)cc2)ccn1. The molecule has 1 aromatic carbocycles. The number of amides is 1. The van der Waals surface area contributed by atoms with Gasteiger partial charge >= 0.3 is 0 Å². The van der Waals surface area contributed by atoms with Gasteiger partial charge in [0.15, 0.2) is 0 Å². The molecule has 27 heavy (non-hydrogen) atoms. The minimum absolute atomic E-state index is 0.124. The second-order valence-electron chi connectivity index (χ2n) is 7.30. The summed E-state index contributed by atoms with van der Waals surface area (Å²) < 4.78 is 5.64. The van der Waals surface area contributed by atoms with Crippen molar-refractivity contribution < 1.29 is 9.53 Å². The van der Waals surface area contributed by atoms with Gasteiger partial charge in [-0.15, -0.1) is 0 Å². The average molecular weight is 367 g/mol. The summed E-state index contributed by atoms with van der Waals surface area (Å²) in [5, 5.41) is 2.95. The number of aromatic nitrogens is 1. The highest BCUT2D eigenvalue weighted by Gasteiger charge is 2.22. The van der Waals surface area contributed by atoms with E-state index in [1.165, 1.54) is 19.3 Å². The van der Waals surface area contributed by atoms with Crippen molar-refractivity contribution in [1.29, 1.82) is 0 Å². The molecule has 0 bridgehead atoms. The molecule has 0 saturated carbocycles. The van der Waals surface area contributed by atoms with Crippen LogP contribution in [0.4, 0.5) is 11.5 Å². The summed E-state index contributed by atoms with van der Waals surface area (Å²) in [7, 11) is 0. The third-order valence-corrected chi connectivity index (χ3v) is 4.88. The average Bonchev–Trinajstić information content (AvgIpc) is 2.69. The lowest BCUT2D eigenvalue weighted by Gasteiger charge is -2.36. The van der Waals surface area contributed by atoms with Crippen LogP contribution >= 0.6 is 0 Å². The third-order valence-electron chi connectivity index (χ3n) is 4.88. The normalized spacial score (nSPS) is 17.0. The number of benzene rings is 1. The van der Waals surface area contributed by atoms with Gasteiger partial charge in [0.2, 0.25) is 0 Å². The first-order valence-electron chi connectivity index (χ1n) is 9.87. The zero-order valence-electron chi connectivity index (χ0n) is 16.4. The molecular formula is C22H29N3O2. The summed E-state index contributed by atoms with van der Waals surface area (Å²) in [6.45, 7) is 7.20. The van der Waals surface area contributed by atoms with Crippen LogP contribution in [0.15, 0.2) is 42.6 Å². The van der Waals surface area contributed by atoms with Crippen LogP contribution in [-0.2, 0) is 0 Å².